The van der Waals surface area contributed by atoms with Gasteiger partial charge in [-0.25, -0.2) is 8.42 Å². The molecule has 11 heteroatoms. The summed E-state index contributed by atoms with van der Waals surface area (Å²) in [4.78, 5) is -0.251. The zero-order valence-electron chi connectivity index (χ0n) is 14.8. The largest absolute Gasteiger partial charge is 0.495 e. The Bertz CT molecular complexity index is 935. The van der Waals surface area contributed by atoms with E-state index >= 15 is 0 Å². The predicted molar refractivity (Wildman–Crippen MR) is 97.6 cm³/mol. The number of hydrogen-bond donors (Lipinski definition) is 1. The highest BCUT2D eigenvalue weighted by Gasteiger charge is 2.32. The van der Waals surface area contributed by atoms with Gasteiger partial charge in [0.25, 0.3) is 10.0 Å². The predicted octanol–water partition coefficient (Wildman–Crippen LogP) is 4.19. The van der Waals surface area contributed by atoms with Crippen LogP contribution in [0.5, 0.6) is 11.5 Å². The first kappa shape index (κ1) is 22.1. The normalized spacial score (nSPS) is 11.9. The Morgan fingerprint density at radius 3 is 2.29 bits per heavy atom. The molecule has 0 atom stereocenters. The van der Waals surface area contributed by atoms with Gasteiger partial charge in [-0.2, -0.15) is 13.2 Å². The molecule has 0 saturated heterocycles. The molecule has 2 aromatic carbocycles. The second kappa shape index (κ2) is 8.89. The summed E-state index contributed by atoms with van der Waals surface area (Å²) in [6, 6.07) is 6.17. The maximum Gasteiger partial charge on any atom is 0.416 e. The zero-order valence-corrected chi connectivity index (χ0v) is 16.4. The van der Waals surface area contributed by atoms with E-state index in [1.54, 1.807) is 0 Å². The molecule has 0 fully saturated rings. The third kappa shape index (κ3) is 5.43. The highest BCUT2D eigenvalue weighted by atomic mass is 35.5. The van der Waals surface area contributed by atoms with Crippen LogP contribution in [0.1, 0.15) is 5.56 Å². The number of alkyl halides is 3. The molecule has 0 spiro atoms. The zero-order chi connectivity index (χ0) is 20.9. The Labute approximate surface area is 165 Å². The number of hydrogen-bond acceptors (Lipinski definition) is 5. The van der Waals surface area contributed by atoms with Crippen molar-refractivity contribution in [2.45, 2.75) is 11.1 Å². The first-order chi connectivity index (χ1) is 13.1. The van der Waals surface area contributed by atoms with Crippen molar-refractivity contribution in [1.82, 2.24) is 0 Å². The number of halogens is 4. The van der Waals surface area contributed by atoms with Gasteiger partial charge >= 0.3 is 6.18 Å². The lowest BCUT2D eigenvalue weighted by atomic mass is 10.2. The quantitative estimate of drug-likeness (QED) is 0.624. The molecule has 1 N–H and O–H groups in total. The van der Waals surface area contributed by atoms with Gasteiger partial charge in [-0.1, -0.05) is 11.6 Å². The molecular formula is C17H17ClF3NO5S. The average molecular weight is 440 g/mol. The van der Waals surface area contributed by atoms with Crippen molar-refractivity contribution >= 4 is 27.3 Å². The van der Waals surface area contributed by atoms with Gasteiger partial charge < -0.3 is 14.2 Å². The van der Waals surface area contributed by atoms with Crippen molar-refractivity contribution in [3.63, 3.8) is 0 Å². The van der Waals surface area contributed by atoms with Gasteiger partial charge in [-0.15, -0.1) is 0 Å². The maximum atomic E-state index is 13.0. The molecule has 0 aliphatic heterocycles. The summed E-state index contributed by atoms with van der Waals surface area (Å²) < 4.78 is 81.5. The number of benzene rings is 2. The van der Waals surface area contributed by atoms with Crippen LogP contribution >= 0.6 is 11.6 Å². The minimum absolute atomic E-state index is 0.0188. The molecule has 0 aliphatic rings. The molecule has 2 aromatic rings. The van der Waals surface area contributed by atoms with Crippen LogP contribution in [0.2, 0.25) is 5.02 Å². The minimum atomic E-state index is -4.66. The fourth-order valence-corrected chi connectivity index (χ4v) is 3.57. The third-order valence-electron chi connectivity index (χ3n) is 3.53. The van der Waals surface area contributed by atoms with E-state index in [1.807, 2.05) is 0 Å². The lowest BCUT2D eigenvalue weighted by Crippen LogP contribution is -2.16. The first-order valence-corrected chi connectivity index (χ1v) is 9.64. The Hall–Kier alpha value is -2.17. The number of rotatable bonds is 8. The van der Waals surface area contributed by atoms with E-state index in [1.165, 1.54) is 26.4 Å². The molecule has 28 heavy (non-hydrogen) atoms. The second-order valence-corrected chi connectivity index (χ2v) is 7.54. The van der Waals surface area contributed by atoms with Crippen molar-refractivity contribution < 1.29 is 35.8 Å². The fraction of sp³-hybridized carbons (Fsp3) is 0.294. The molecule has 6 nitrogen and oxygen atoms in total. The Kier molecular flexibility index (Phi) is 7.02. The van der Waals surface area contributed by atoms with Gasteiger partial charge in [-0.05, 0) is 36.4 Å². The second-order valence-electron chi connectivity index (χ2n) is 5.45. The topological polar surface area (TPSA) is 73.9 Å². The molecule has 154 valence electrons. The van der Waals surface area contributed by atoms with Crippen molar-refractivity contribution in [3.05, 3.63) is 47.0 Å². The SMILES string of the molecule is COCCOc1ccc(C(F)(F)F)cc1NS(=O)(=O)c1ccc(OC)c(Cl)c1. The van der Waals surface area contributed by atoms with E-state index in [0.29, 0.717) is 6.07 Å². The minimum Gasteiger partial charge on any atom is -0.495 e. The highest BCUT2D eigenvalue weighted by molar-refractivity contribution is 7.92. The van der Waals surface area contributed by atoms with Gasteiger partial charge in [0.15, 0.2) is 0 Å². The molecule has 0 radical (unpaired) electrons. The van der Waals surface area contributed by atoms with E-state index in [2.05, 4.69) is 4.72 Å². The van der Waals surface area contributed by atoms with Crippen LogP contribution in [0.15, 0.2) is 41.3 Å². The first-order valence-electron chi connectivity index (χ1n) is 7.78. The third-order valence-corrected chi connectivity index (χ3v) is 5.19. The molecule has 0 aliphatic carbocycles. The Morgan fingerprint density at radius 2 is 1.71 bits per heavy atom. The maximum absolute atomic E-state index is 13.0. The van der Waals surface area contributed by atoms with Crippen LogP contribution in [-0.2, 0) is 20.9 Å². The average Bonchev–Trinajstić information content (AvgIpc) is 2.61. The van der Waals surface area contributed by atoms with Gasteiger partial charge in [0.1, 0.15) is 18.1 Å². The van der Waals surface area contributed by atoms with Crippen molar-refractivity contribution in [2.24, 2.45) is 0 Å². The van der Waals surface area contributed by atoms with Crippen molar-refractivity contribution in [1.29, 1.82) is 0 Å². The molecule has 0 heterocycles. The fourth-order valence-electron chi connectivity index (χ4n) is 2.16. The van der Waals surface area contributed by atoms with Crippen LogP contribution in [0.4, 0.5) is 18.9 Å². The van der Waals surface area contributed by atoms with Crippen LogP contribution in [0, 0.1) is 0 Å². The van der Waals surface area contributed by atoms with E-state index in [-0.39, 0.29) is 40.3 Å². The lowest BCUT2D eigenvalue weighted by Gasteiger charge is -2.16. The molecule has 0 unspecified atom stereocenters. The smallest absolute Gasteiger partial charge is 0.416 e. The van der Waals surface area contributed by atoms with E-state index < -0.39 is 21.8 Å². The van der Waals surface area contributed by atoms with Crippen molar-refractivity contribution in [3.8, 4) is 11.5 Å². The van der Waals surface area contributed by atoms with Gasteiger partial charge in [0.2, 0.25) is 0 Å². The van der Waals surface area contributed by atoms with Crippen LogP contribution in [0.3, 0.4) is 0 Å². The highest BCUT2D eigenvalue weighted by Crippen LogP contribution is 2.36. The molecule has 0 amide bonds. The monoisotopic (exact) mass is 439 g/mol. The Balaban J connectivity index is 2.41. The lowest BCUT2D eigenvalue weighted by molar-refractivity contribution is -0.137. The van der Waals surface area contributed by atoms with Crippen LogP contribution in [0.25, 0.3) is 0 Å². The summed E-state index contributed by atoms with van der Waals surface area (Å²) in [5.74, 6) is 0.177. The summed E-state index contributed by atoms with van der Waals surface area (Å²) in [6.07, 6.45) is -4.66. The van der Waals surface area contributed by atoms with Crippen LogP contribution in [-0.4, -0.2) is 35.9 Å². The van der Waals surface area contributed by atoms with Crippen LogP contribution < -0.4 is 14.2 Å². The van der Waals surface area contributed by atoms with Gasteiger partial charge in [0, 0.05) is 7.11 Å². The van der Waals surface area contributed by atoms with Crippen molar-refractivity contribution in [2.75, 3.05) is 32.2 Å². The number of ether oxygens (including phenoxy) is 3. The van der Waals surface area contributed by atoms with E-state index in [4.69, 9.17) is 25.8 Å². The Morgan fingerprint density at radius 1 is 1.04 bits per heavy atom. The molecule has 2 rings (SSSR count). The number of anilines is 1. The standard InChI is InChI=1S/C17H17ClF3NO5S/c1-25-7-8-27-16-5-3-11(17(19,20)21)9-14(16)22-28(23,24)12-4-6-15(26-2)13(18)10-12/h3-6,9-10,22H,7-8H2,1-2H3. The van der Waals surface area contributed by atoms with Gasteiger partial charge in [-0.3, -0.25) is 4.72 Å². The summed E-state index contributed by atoms with van der Waals surface area (Å²) >= 11 is 5.93. The van der Waals surface area contributed by atoms with Gasteiger partial charge in [0.05, 0.1) is 34.9 Å². The van der Waals surface area contributed by atoms with E-state index in [9.17, 15) is 21.6 Å². The number of nitrogens with one attached hydrogen (secondary N) is 1. The number of methoxy groups -OCH3 is 2. The summed E-state index contributed by atoms with van der Waals surface area (Å²) in [6.45, 7) is 0.187. The summed E-state index contributed by atoms with van der Waals surface area (Å²) in [7, 11) is -1.46. The molecular weight excluding hydrogens is 423 g/mol. The summed E-state index contributed by atoms with van der Waals surface area (Å²) in [5, 5.41) is 0.0333. The van der Waals surface area contributed by atoms with E-state index in [0.717, 1.165) is 18.2 Å². The number of sulfonamides is 1. The molecule has 0 saturated carbocycles. The summed E-state index contributed by atoms with van der Waals surface area (Å²) in [5.41, 5.74) is -1.39. The molecule has 0 aromatic heterocycles. The molecule has 0 bridgehead atoms.